The number of hydrogen-bond donors (Lipinski definition) is 0. The Labute approximate surface area is 190 Å². The zero-order valence-electron chi connectivity index (χ0n) is 17.6. The summed E-state index contributed by atoms with van der Waals surface area (Å²) < 4.78 is 10.8. The molecule has 2 aliphatic rings. The van der Waals surface area contributed by atoms with Crippen LogP contribution >= 0.6 is 23.5 Å². The van der Waals surface area contributed by atoms with Gasteiger partial charge in [0.1, 0.15) is 11.5 Å². The Kier molecular flexibility index (Phi) is 6.35. The summed E-state index contributed by atoms with van der Waals surface area (Å²) in [4.78, 5) is 18.1. The van der Waals surface area contributed by atoms with Gasteiger partial charge in [-0.25, -0.2) is 0 Å². The standard InChI is InChI=1S/C23H23N3O3S2/c1-28-16-6-9-20(21(10-16)29-2)25-13-26-22(27)11-18(19(12-24)23(26)31-14-25)15-4-7-17(30-3)8-5-15/h4-10,18H,11,13-14H2,1-3H3. The van der Waals surface area contributed by atoms with Crippen LogP contribution in [0.2, 0.25) is 0 Å². The lowest BCUT2D eigenvalue weighted by Gasteiger charge is -2.42. The number of benzene rings is 2. The van der Waals surface area contributed by atoms with E-state index in [2.05, 4.69) is 11.0 Å². The van der Waals surface area contributed by atoms with Crippen LogP contribution in [0.5, 0.6) is 11.5 Å². The number of allylic oxidation sites excluding steroid dienone is 1. The van der Waals surface area contributed by atoms with Gasteiger partial charge in [0.05, 0.1) is 49.1 Å². The molecular formula is C23H23N3O3S2. The molecule has 1 saturated heterocycles. The van der Waals surface area contributed by atoms with Crippen LogP contribution in [0.4, 0.5) is 5.69 Å². The minimum atomic E-state index is -0.200. The topological polar surface area (TPSA) is 65.8 Å². The van der Waals surface area contributed by atoms with Crippen LogP contribution in [-0.4, -0.2) is 43.8 Å². The van der Waals surface area contributed by atoms with Gasteiger partial charge < -0.3 is 14.4 Å². The first kappa shape index (κ1) is 21.5. The molecule has 0 aromatic heterocycles. The van der Waals surface area contributed by atoms with Gasteiger partial charge in [0.2, 0.25) is 5.91 Å². The number of carbonyl (C=O) groups excluding carboxylic acids is 1. The van der Waals surface area contributed by atoms with Crippen molar-refractivity contribution in [3.8, 4) is 17.6 Å². The van der Waals surface area contributed by atoms with E-state index in [4.69, 9.17) is 9.47 Å². The number of rotatable bonds is 5. The average Bonchev–Trinajstić information content (AvgIpc) is 2.83. The molecule has 8 heteroatoms. The number of anilines is 1. The third-order valence-electron chi connectivity index (χ3n) is 5.54. The maximum absolute atomic E-state index is 13.1. The van der Waals surface area contributed by atoms with E-state index in [0.29, 0.717) is 36.0 Å². The molecule has 1 atom stereocenters. The second-order valence-corrected chi connectivity index (χ2v) is 8.99. The molecule has 0 spiro atoms. The molecule has 0 radical (unpaired) electrons. The Morgan fingerprint density at radius 3 is 2.58 bits per heavy atom. The summed E-state index contributed by atoms with van der Waals surface area (Å²) in [6, 6.07) is 16.2. The van der Waals surface area contributed by atoms with Crippen molar-refractivity contribution in [3.63, 3.8) is 0 Å². The van der Waals surface area contributed by atoms with Gasteiger partial charge in [0.25, 0.3) is 0 Å². The molecule has 2 aromatic carbocycles. The van der Waals surface area contributed by atoms with Crippen molar-refractivity contribution in [3.05, 3.63) is 58.6 Å². The quantitative estimate of drug-likeness (QED) is 0.611. The second-order valence-electron chi connectivity index (χ2n) is 7.17. The number of methoxy groups -OCH3 is 2. The van der Waals surface area contributed by atoms with Crippen LogP contribution < -0.4 is 14.4 Å². The van der Waals surface area contributed by atoms with Gasteiger partial charge in [-0.3, -0.25) is 9.69 Å². The molecule has 6 nitrogen and oxygen atoms in total. The van der Waals surface area contributed by atoms with Crippen LogP contribution in [0.1, 0.15) is 17.9 Å². The third-order valence-corrected chi connectivity index (χ3v) is 7.44. The SMILES string of the molecule is COc1ccc(N2CSC3=C(C#N)C(c4ccc(SC)cc4)CC(=O)N3C2)c(OC)c1. The van der Waals surface area contributed by atoms with Crippen molar-refractivity contribution in [2.45, 2.75) is 17.2 Å². The first-order chi connectivity index (χ1) is 15.1. The second kappa shape index (κ2) is 9.16. The molecule has 1 amide bonds. The highest BCUT2D eigenvalue weighted by atomic mass is 32.2. The minimum absolute atomic E-state index is 0.0256. The lowest BCUT2D eigenvalue weighted by atomic mass is 9.86. The first-order valence-corrected chi connectivity index (χ1v) is 12.0. The van der Waals surface area contributed by atoms with E-state index < -0.39 is 0 Å². The van der Waals surface area contributed by atoms with E-state index in [0.717, 1.165) is 21.2 Å². The zero-order chi connectivity index (χ0) is 22.0. The number of thioether (sulfide) groups is 2. The Hall–Kier alpha value is -2.76. The number of nitriles is 1. The Morgan fingerprint density at radius 1 is 1.16 bits per heavy atom. The number of ether oxygens (including phenoxy) is 2. The summed E-state index contributed by atoms with van der Waals surface area (Å²) in [6.45, 7) is 0.382. The van der Waals surface area contributed by atoms with E-state index in [1.165, 1.54) is 11.8 Å². The summed E-state index contributed by atoms with van der Waals surface area (Å²) in [7, 11) is 3.23. The van der Waals surface area contributed by atoms with Gasteiger partial charge in [-0.2, -0.15) is 5.26 Å². The predicted molar refractivity (Wildman–Crippen MR) is 124 cm³/mol. The first-order valence-electron chi connectivity index (χ1n) is 9.78. The molecule has 0 aliphatic carbocycles. The van der Waals surface area contributed by atoms with Crippen LogP contribution in [0.3, 0.4) is 0 Å². The maximum atomic E-state index is 13.1. The summed E-state index contributed by atoms with van der Waals surface area (Å²) in [5.74, 6) is 1.84. The van der Waals surface area contributed by atoms with Crippen molar-refractivity contribution < 1.29 is 14.3 Å². The molecule has 2 aliphatic heterocycles. The largest absolute Gasteiger partial charge is 0.497 e. The summed E-state index contributed by atoms with van der Waals surface area (Å²) in [5, 5.41) is 10.7. The van der Waals surface area contributed by atoms with E-state index in [-0.39, 0.29) is 11.8 Å². The van der Waals surface area contributed by atoms with E-state index in [1.54, 1.807) is 30.9 Å². The smallest absolute Gasteiger partial charge is 0.229 e. The van der Waals surface area contributed by atoms with Crippen molar-refractivity contribution in [1.29, 1.82) is 5.26 Å². The summed E-state index contributed by atoms with van der Waals surface area (Å²) in [6.07, 6.45) is 2.32. The highest BCUT2D eigenvalue weighted by Crippen LogP contribution is 2.44. The molecule has 1 fully saturated rings. The lowest BCUT2D eigenvalue weighted by molar-refractivity contribution is -0.129. The molecule has 0 saturated carbocycles. The molecule has 1 unspecified atom stereocenters. The maximum Gasteiger partial charge on any atom is 0.229 e. The monoisotopic (exact) mass is 453 g/mol. The van der Waals surface area contributed by atoms with E-state index in [9.17, 15) is 10.1 Å². The fraction of sp³-hybridized carbons (Fsp3) is 0.304. The van der Waals surface area contributed by atoms with Gasteiger partial charge in [0.15, 0.2) is 0 Å². The molecule has 0 N–H and O–H groups in total. The number of hydrogen-bond acceptors (Lipinski definition) is 7. The van der Waals surface area contributed by atoms with E-state index in [1.807, 2.05) is 48.7 Å². The summed E-state index contributed by atoms with van der Waals surface area (Å²) >= 11 is 3.19. The molecule has 2 heterocycles. The predicted octanol–water partition coefficient (Wildman–Crippen LogP) is 4.65. The van der Waals surface area contributed by atoms with Crippen molar-refractivity contribution in [2.24, 2.45) is 0 Å². The highest BCUT2D eigenvalue weighted by Gasteiger charge is 2.38. The minimum Gasteiger partial charge on any atom is -0.497 e. The number of fused-ring (bicyclic) bond motifs is 1. The fourth-order valence-corrected chi connectivity index (χ4v) is 5.45. The van der Waals surface area contributed by atoms with E-state index >= 15 is 0 Å². The van der Waals surface area contributed by atoms with Crippen molar-refractivity contribution in [1.82, 2.24) is 4.90 Å². The lowest BCUT2D eigenvalue weighted by Crippen LogP contribution is -2.47. The zero-order valence-corrected chi connectivity index (χ0v) is 19.3. The van der Waals surface area contributed by atoms with Gasteiger partial charge in [-0.1, -0.05) is 23.9 Å². The van der Waals surface area contributed by atoms with Crippen molar-refractivity contribution in [2.75, 3.05) is 37.9 Å². The number of carbonyl (C=O) groups is 1. The van der Waals surface area contributed by atoms with Gasteiger partial charge >= 0.3 is 0 Å². The Bertz CT molecular complexity index is 1060. The molecular weight excluding hydrogens is 430 g/mol. The third kappa shape index (κ3) is 4.08. The molecule has 2 aromatic rings. The molecule has 0 bridgehead atoms. The Morgan fingerprint density at radius 2 is 1.94 bits per heavy atom. The number of nitrogens with zero attached hydrogens (tertiary/aromatic N) is 3. The Balaban J connectivity index is 1.64. The van der Waals surface area contributed by atoms with Gasteiger partial charge in [0, 0.05) is 23.3 Å². The fourth-order valence-electron chi connectivity index (χ4n) is 3.88. The molecule has 160 valence electrons. The molecule has 4 rings (SSSR count). The van der Waals surface area contributed by atoms with Crippen LogP contribution in [-0.2, 0) is 4.79 Å². The van der Waals surface area contributed by atoms with Crippen LogP contribution in [0.25, 0.3) is 0 Å². The van der Waals surface area contributed by atoms with Crippen LogP contribution in [0, 0.1) is 11.3 Å². The summed E-state index contributed by atoms with van der Waals surface area (Å²) in [5.41, 5.74) is 2.56. The van der Waals surface area contributed by atoms with Gasteiger partial charge in [-0.05, 0) is 36.1 Å². The highest BCUT2D eigenvalue weighted by molar-refractivity contribution is 8.03. The number of amides is 1. The van der Waals surface area contributed by atoms with Crippen LogP contribution in [0.15, 0.2) is 58.0 Å². The molecule has 31 heavy (non-hydrogen) atoms. The average molecular weight is 454 g/mol. The van der Waals surface area contributed by atoms with Gasteiger partial charge in [-0.15, -0.1) is 11.8 Å². The van der Waals surface area contributed by atoms with Crippen molar-refractivity contribution >= 4 is 35.1 Å². The normalized spacial score (nSPS) is 18.5.